The average molecular weight is 365 g/mol. The Bertz CT molecular complexity index is 685. The lowest BCUT2D eigenvalue weighted by Gasteiger charge is -2.07. The molecular formula is C10H7BrClN3O3S. The van der Waals surface area contributed by atoms with E-state index in [2.05, 4.69) is 26.1 Å². The van der Waals surface area contributed by atoms with Crippen molar-refractivity contribution in [2.24, 2.45) is 0 Å². The molecule has 0 aliphatic rings. The van der Waals surface area contributed by atoms with Crippen LogP contribution in [0.5, 0.6) is 0 Å². The van der Waals surface area contributed by atoms with Crippen molar-refractivity contribution in [2.45, 2.75) is 5.16 Å². The van der Waals surface area contributed by atoms with E-state index in [-0.39, 0.29) is 10.9 Å². The molecular weight excluding hydrogens is 358 g/mol. The first-order chi connectivity index (χ1) is 8.99. The molecule has 0 fully saturated rings. The summed E-state index contributed by atoms with van der Waals surface area (Å²) in [5.41, 5.74) is 0.0898. The number of aromatic amines is 1. The minimum absolute atomic E-state index is 0.185. The zero-order valence-electron chi connectivity index (χ0n) is 9.26. The molecule has 2 N–H and O–H groups in total. The highest BCUT2D eigenvalue weighted by atomic mass is 79.9. The summed E-state index contributed by atoms with van der Waals surface area (Å²) < 4.78 is 1.90. The predicted molar refractivity (Wildman–Crippen MR) is 75.3 cm³/mol. The van der Waals surface area contributed by atoms with Gasteiger partial charge in [-0.2, -0.15) is 0 Å². The molecule has 2 aromatic rings. The Morgan fingerprint density at radius 2 is 2.32 bits per heavy atom. The summed E-state index contributed by atoms with van der Waals surface area (Å²) in [5, 5.41) is 15.5. The zero-order chi connectivity index (χ0) is 14.0. The highest BCUT2D eigenvalue weighted by Gasteiger charge is 2.14. The fourth-order valence-corrected chi connectivity index (χ4v) is 2.91. The molecule has 9 heteroatoms. The number of H-pyrrole nitrogens is 1. The van der Waals surface area contributed by atoms with E-state index in [1.165, 1.54) is 4.57 Å². The average Bonchev–Trinajstić information content (AvgIpc) is 2.68. The number of carbonyl (C=O) groups is 1. The highest BCUT2D eigenvalue weighted by molar-refractivity contribution is 9.10. The third kappa shape index (κ3) is 3.20. The van der Waals surface area contributed by atoms with Crippen LogP contribution in [0.15, 0.2) is 32.6 Å². The Hall–Kier alpha value is -1.25. The molecule has 1 aromatic heterocycles. The van der Waals surface area contributed by atoms with Crippen molar-refractivity contribution in [3.05, 3.63) is 38.2 Å². The van der Waals surface area contributed by atoms with E-state index in [4.69, 9.17) is 16.7 Å². The lowest BCUT2D eigenvalue weighted by atomic mass is 10.3. The van der Waals surface area contributed by atoms with Crippen LogP contribution in [0.25, 0.3) is 5.69 Å². The van der Waals surface area contributed by atoms with Crippen LogP contribution in [0.1, 0.15) is 0 Å². The van der Waals surface area contributed by atoms with Crippen molar-refractivity contribution >= 4 is 45.3 Å². The number of hydrogen-bond acceptors (Lipinski definition) is 4. The SMILES string of the molecule is O=C(O)CSc1n[nH]c(=O)n1-c1ccc(Cl)cc1Br. The normalized spacial score (nSPS) is 10.6. The van der Waals surface area contributed by atoms with Crippen LogP contribution in [-0.4, -0.2) is 31.6 Å². The van der Waals surface area contributed by atoms with Crippen LogP contribution in [0.4, 0.5) is 0 Å². The molecule has 0 aliphatic heterocycles. The Labute approximate surface area is 124 Å². The maximum absolute atomic E-state index is 11.8. The van der Waals surface area contributed by atoms with Gasteiger partial charge in [0.15, 0.2) is 5.16 Å². The van der Waals surface area contributed by atoms with E-state index in [1.807, 2.05) is 0 Å². The second kappa shape index (κ2) is 5.81. The molecule has 100 valence electrons. The molecule has 1 aromatic carbocycles. The molecule has 0 bridgehead atoms. The molecule has 0 radical (unpaired) electrons. The molecule has 0 atom stereocenters. The van der Waals surface area contributed by atoms with Gasteiger partial charge in [-0.05, 0) is 34.1 Å². The monoisotopic (exact) mass is 363 g/mol. The van der Waals surface area contributed by atoms with Crippen molar-refractivity contribution in [3.63, 3.8) is 0 Å². The van der Waals surface area contributed by atoms with Gasteiger partial charge in [0.1, 0.15) is 0 Å². The van der Waals surface area contributed by atoms with Gasteiger partial charge in [-0.3, -0.25) is 4.79 Å². The van der Waals surface area contributed by atoms with Crippen molar-refractivity contribution in [2.75, 3.05) is 5.75 Å². The van der Waals surface area contributed by atoms with Gasteiger partial charge in [-0.15, -0.1) is 5.10 Å². The smallest absolute Gasteiger partial charge is 0.348 e. The molecule has 0 saturated heterocycles. The van der Waals surface area contributed by atoms with Crippen LogP contribution in [0.3, 0.4) is 0 Å². The minimum atomic E-state index is -0.984. The quantitative estimate of drug-likeness (QED) is 0.812. The largest absolute Gasteiger partial charge is 0.481 e. The molecule has 2 rings (SSSR count). The van der Waals surface area contributed by atoms with E-state index in [0.717, 1.165) is 11.8 Å². The Morgan fingerprint density at radius 1 is 1.58 bits per heavy atom. The summed E-state index contributed by atoms with van der Waals surface area (Å²) in [7, 11) is 0. The Morgan fingerprint density at radius 3 is 2.95 bits per heavy atom. The van der Waals surface area contributed by atoms with Crippen molar-refractivity contribution in [3.8, 4) is 5.69 Å². The third-order valence-corrected chi connectivity index (χ3v) is 3.91. The standard InChI is InChI=1S/C10H7BrClN3O3S/c11-6-3-5(12)1-2-7(6)15-9(18)13-14-10(15)19-4-8(16)17/h1-3H,4H2,(H,13,18)(H,16,17). The molecule has 0 amide bonds. The predicted octanol–water partition coefficient (Wildman–Crippen LogP) is 2.15. The number of thioether (sulfide) groups is 1. The molecule has 0 unspecified atom stereocenters. The van der Waals surface area contributed by atoms with Crippen LogP contribution < -0.4 is 5.69 Å². The van der Waals surface area contributed by atoms with E-state index >= 15 is 0 Å². The number of aromatic nitrogens is 3. The summed E-state index contributed by atoms with van der Waals surface area (Å²) in [4.78, 5) is 22.3. The molecule has 19 heavy (non-hydrogen) atoms. The second-order valence-corrected chi connectivity index (χ2v) is 5.66. The fraction of sp³-hybridized carbons (Fsp3) is 0.100. The lowest BCUT2D eigenvalue weighted by molar-refractivity contribution is -0.133. The summed E-state index contributed by atoms with van der Waals surface area (Å²) >= 11 is 10.1. The first kappa shape index (κ1) is 14.2. The topological polar surface area (TPSA) is 88.0 Å². The number of rotatable bonds is 4. The summed E-state index contributed by atoms with van der Waals surface area (Å²) in [6.07, 6.45) is 0. The maximum atomic E-state index is 11.8. The molecule has 0 aliphatic carbocycles. The van der Waals surface area contributed by atoms with Crippen molar-refractivity contribution < 1.29 is 9.90 Å². The number of carboxylic acid groups (broad SMARTS) is 1. The molecule has 0 saturated carbocycles. The number of halogens is 2. The summed E-state index contributed by atoms with van der Waals surface area (Å²) in [5.74, 6) is -1.17. The van der Waals surface area contributed by atoms with E-state index in [0.29, 0.717) is 15.2 Å². The first-order valence-corrected chi connectivity index (χ1v) is 7.12. The number of aliphatic carboxylic acids is 1. The summed E-state index contributed by atoms with van der Waals surface area (Å²) in [6.45, 7) is 0. The van der Waals surface area contributed by atoms with Crippen LogP contribution in [0, 0.1) is 0 Å². The first-order valence-electron chi connectivity index (χ1n) is 4.96. The number of carboxylic acids is 1. The number of benzene rings is 1. The number of nitrogens with one attached hydrogen (secondary N) is 1. The Kier molecular flexibility index (Phi) is 4.33. The van der Waals surface area contributed by atoms with Gasteiger partial charge in [0, 0.05) is 9.50 Å². The van der Waals surface area contributed by atoms with Gasteiger partial charge in [-0.1, -0.05) is 23.4 Å². The van der Waals surface area contributed by atoms with Gasteiger partial charge in [-0.25, -0.2) is 14.5 Å². The fourth-order valence-electron chi connectivity index (χ4n) is 1.38. The second-order valence-electron chi connectivity index (χ2n) is 3.42. The third-order valence-electron chi connectivity index (χ3n) is 2.12. The molecule has 6 nitrogen and oxygen atoms in total. The number of nitrogens with zero attached hydrogens (tertiary/aromatic N) is 2. The van der Waals surface area contributed by atoms with Crippen molar-refractivity contribution in [1.29, 1.82) is 0 Å². The van der Waals surface area contributed by atoms with Gasteiger partial charge in [0.05, 0.1) is 11.4 Å². The van der Waals surface area contributed by atoms with E-state index < -0.39 is 11.7 Å². The van der Waals surface area contributed by atoms with Crippen LogP contribution in [0.2, 0.25) is 5.02 Å². The van der Waals surface area contributed by atoms with Crippen LogP contribution >= 0.6 is 39.3 Å². The van der Waals surface area contributed by atoms with E-state index in [1.54, 1.807) is 18.2 Å². The summed E-state index contributed by atoms with van der Waals surface area (Å²) in [6, 6.07) is 4.92. The zero-order valence-corrected chi connectivity index (χ0v) is 12.4. The lowest BCUT2D eigenvalue weighted by Crippen LogP contribution is -2.16. The van der Waals surface area contributed by atoms with Crippen LogP contribution in [-0.2, 0) is 4.79 Å². The van der Waals surface area contributed by atoms with Gasteiger partial charge in [0.2, 0.25) is 0 Å². The van der Waals surface area contributed by atoms with Gasteiger partial charge in [0.25, 0.3) is 0 Å². The van der Waals surface area contributed by atoms with Gasteiger partial charge < -0.3 is 5.11 Å². The van der Waals surface area contributed by atoms with Crippen molar-refractivity contribution in [1.82, 2.24) is 14.8 Å². The highest BCUT2D eigenvalue weighted by Crippen LogP contribution is 2.26. The van der Waals surface area contributed by atoms with Gasteiger partial charge >= 0.3 is 11.7 Å². The minimum Gasteiger partial charge on any atom is -0.481 e. The van der Waals surface area contributed by atoms with E-state index in [9.17, 15) is 9.59 Å². The maximum Gasteiger partial charge on any atom is 0.348 e. The number of hydrogen-bond donors (Lipinski definition) is 2. The molecule has 1 heterocycles. The Balaban J connectivity index is 2.46. The molecule has 0 spiro atoms.